The predicted octanol–water partition coefficient (Wildman–Crippen LogP) is -2.16. The van der Waals surface area contributed by atoms with Gasteiger partial charge in [-0.3, -0.25) is 4.79 Å². The molecule has 1 aromatic rings. The summed E-state index contributed by atoms with van der Waals surface area (Å²) >= 11 is 0. The van der Waals surface area contributed by atoms with Crippen LogP contribution in [0.1, 0.15) is 16.3 Å². The van der Waals surface area contributed by atoms with Crippen molar-refractivity contribution in [3.63, 3.8) is 0 Å². The van der Waals surface area contributed by atoms with Crippen LogP contribution in [0, 0.1) is 10.1 Å². The third-order valence-electron chi connectivity index (χ3n) is 0.954. The van der Waals surface area contributed by atoms with E-state index in [1.807, 2.05) is 0 Å². The normalized spacial score (nSPS) is 7.46. The molecule has 1 aromatic heterocycles. The molecule has 0 bridgehead atoms. The molecule has 0 radical (unpaired) electrons. The van der Waals surface area contributed by atoms with Gasteiger partial charge in [-0.1, -0.05) is 0 Å². The van der Waals surface area contributed by atoms with Crippen LogP contribution in [0.5, 0.6) is 0 Å². The Kier molecular flexibility index (Phi) is 10.7. The number of furan rings is 1. The number of aliphatic hydroxyl groups excluding tert-OH is 1. The van der Waals surface area contributed by atoms with Crippen LogP contribution < -0.4 is 29.6 Å². The fourth-order valence-electron chi connectivity index (χ4n) is 0.543. The molecule has 6 nitrogen and oxygen atoms in total. The molecule has 0 aliphatic carbocycles. The van der Waals surface area contributed by atoms with Crippen molar-refractivity contribution in [3.8, 4) is 0 Å². The van der Waals surface area contributed by atoms with Gasteiger partial charge in [-0.2, -0.15) is 0 Å². The van der Waals surface area contributed by atoms with Gasteiger partial charge < -0.3 is 19.6 Å². The van der Waals surface area contributed by atoms with E-state index in [0.717, 1.165) is 5.34 Å². The number of aldehydes is 1. The smallest absolute Gasteiger partial charge is 0.456 e. The molecule has 0 aromatic carbocycles. The number of aliphatic hydroxyl groups is 1. The van der Waals surface area contributed by atoms with E-state index in [4.69, 9.17) is 19.6 Å². The summed E-state index contributed by atoms with van der Waals surface area (Å²) in [7, 11) is 0. The van der Waals surface area contributed by atoms with Crippen LogP contribution in [0.15, 0.2) is 21.9 Å². The minimum atomic E-state index is -0.159. The summed E-state index contributed by atoms with van der Waals surface area (Å²) in [4.78, 5) is 18.0. The number of hydrogen-bond acceptors (Lipinski definition) is 6. The minimum Gasteiger partial charge on any atom is -0.456 e. The van der Waals surface area contributed by atoms with Gasteiger partial charge in [-0.15, -0.1) is 5.34 Å². The van der Waals surface area contributed by atoms with Crippen LogP contribution in [0.2, 0.25) is 0 Å². The molecule has 0 saturated heterocycles. The number of carbonyl (C=O) groups is 1. The maximum atomic E-state index is 9.96. The van der Waals surface area contributed by atoms with Crippen molar-refractivity contribution >= 4 is 6.29 Å². The first-order chi connectivity index (χ1) is 5.78. The average Bonchev–Trinajstić information content (AvgIpc) is 2.53. The SMILES string of the molecule is O=Cc1ccc(CO)o1.O=N[O-].[Na+]. The van der Waals surface area contributed by atoms with Gasteiger partial charge in [0, 0.05) is 0 Å². The van der Waals surface area contributed by atoms with Crippen LogP contribution in [0.3, 0.4) is 0 Å². The van der Waals surface area contributed by atoms with E-state index in [0.29, 0.717) is 12.0 Å². The quantitative estimate of drug-likeness (QED) is 0.250. The van der Waals surface area contributed by atoms with Gasteiger partial charge in [0.2, 0.25) is 0 Å². The van der Waals surface area contributed by atoms with Gasteiger partial charge in [0.1, 0.15) is 12.4 Å². The summed E-state index contributed by atoms with van der Waals surface area (Å²) < 4.78 is 4.76. The zero-order valence-corrected chi connectivity index (χ0v) is 8.97. The monoisotopic (exact) mass is 195 g/mol. The van der Waals surface area contributed by atoms with Crippen molar-refractivity contribution in [1.29, 1.82) is 0 Å². The molecule has 0 fully saturated rings. The molecule has 66 valence electrons. The van der Waals surface area contributed by atoms with E-state index in [2.05, 4.69) is 0 Å². The molecule has 0 aliphatic rings. The van der Waals surface area contributed by atoms with E-state index in [9.17, 15) is 4.79 Å². The van der Waals surface area contributed by atoms with Crippen molar-refractivity contribution in [3.05, 3.63) is 33.8 Å². The molecular formula is C6H6NNaO5. The number of carbonyl (C=O) groups excluding carboxylic acids is 1. The molecule has 1 N–H and O–H groups in total. The average molecular weight is 195 g/mol. The summed E-state index contributed by atoms with van der Waals surface area (Å²) in [5, 5.41) is 17.4. The molecule has 1 rings (SSSR count). The first-order valence-corrected chi connectivity index (χ1v) is 2.88. The number of hydrogen-bond donors (Lipinski definition) is 1. The fourth-order valence-corrected chi connectivity index (χ4v) is 0.543. The van der Waals surface area contributed by atoms with Crippen molar-refractivity contribution in [2.45, 2.75) is 6.61 Å². The van der Waals surface area contributed by atoms with E-state index in [1.165, 1.54) is 6.07 Å². The van der Waals surface area contributed by atoms with E-state index in [1.54, 1.807) is 6.07 Å². The Bertz CT molecular complexity index is 249. The van der Waals surface area contributed by atoms with Crippen molar-refractivity contribution < 1.29 is 43.9 Å². The Morgan fingerprint density at radius 1 is 1.62 bits per heavy atom. The summed E-state index contributed by atoms with van der Waals surface area (Å²) in [6.45, 7) is -0.159. The molecule has 0 spiro atoms. The maximum Gasteiger partial charge on any atom is 1.00 e. The van der Waals surface area contributed by atoms with Gasteiger partial charge in [0.05, 0.1) is 0 Å². The van der Waals surface area contributed by atoms with Crippen LogP contribution in [0.25, 0.3) is 0 Å². The molecule has 13 heavy (non-hydrogen) atoms. The second-order valence-corrected chi connectivity index (χ2v) is 1.65. The Labute approximate surface area is 95.8 Å². The van der Waals surface area contributed by atoms with E-state index < -0.39 is 0 Å². The Morgan fingerprint density at radius 2 is 2.15 bits per heavy atom. The fraction of sp³-hybridized carbons (Fsp3) is 0.167. The topological polar surface area (TPSA) is 103 Å². The molecule has 0 atom stereocenters. The van der Waals surface area contributed by atoms with Gasteiger partial charge in [0.25, 0.3) is 0 Å². The molecule has 0 unspecified atom stereocenters. The molecule has 0 amide bonds. The third-order valence-corrected chi connectivity index (χ3v) is 0.954. The molecule has 7 heteroatoms. The standard InChI is InChI=1S/C6H6O3.HNO2.Na/c7-3-5-1-2-6(4-8)9-5;2-1-3;/h1-3,8H,4H2;(H,2,3);/q;;+1/p-1. The van der Waals surface area contributed by atoms with Crippen LogP contribution >= 0.6 is 0 Å². The van der Waals surface area contributed by atoms with Crippen LogP contribution in [0.4, 0.5) is 0 Å². The molecule has 1 heterocycles. The van der Waals surface area contributed by atoms with E-state index in [-0.39, 0.29) is 41.9 Å². The largest absolute Gasteiger partial charge is 1.00 e. The molecular weight excluding hydrogens is 189 g/mol. The number of nitrogens with zero attached hydrogens (tertiary/aromatic N) is 1. The van der Waals surface area contributed by atoms with Crippen LogP contribution in [-0.2, 0) is 6.61 Å². The maximum absolute atomic E-state index is 9.96. The third kappa shape index (κ3) is 6.47. The van der Waals surface area contributed by atoms with Gasteiger partial charge in [0.15, 0.2) is 12.0 Å². The predicted molar refractivity (Wildman–Crippen MR) is 39.2 cm³/mol. The second-order valence-electron chi connectivity index (χ2n) is 1.65. The summed E-state index contributed by atoms with van der Waals surface area (Å²) in [6.07, 6.45) is 0.596. The van der Waals surface area contributed by atoms with Crippen molar-refractivity contribution in [2.24, 2.45) is 5.34 Å². The Balaban J connectivity index is 0. The zero-order valence-electron chi connectivity index (χ0n) is 6.97. The summed E-state index contributed by atoms with van der Waals surface area (Å²) in [5.41, 5.74) is 0. The van der Waals surface area contributed by atoms with Crippen LogP contribution in [-0.4, -0.2) is 11.4 Å². The van der Waals surface area contributed by atoms with Gasteiger partial charge in [-0.25, -0.2) is 0 Å². The Morgan fingerprint density at radius 3 is 2.38 bits per heavy atom. The Hall–Kier alpha value is -0.690. The zero-order chi connectivity index (χ0) is 9.40. The summed E-state index contributed by atoms with van der Waals surface area (Å²) in [6, 6.07) is 3.07. The minimum absolute atomic E-state index is 0. The van der Waals surface area contributed by atoms with Crippen molar-refractivity contribution in [1.82, 2.24) is 0 Å². The first kappa shape index (κ1) is 14.8. The second kappa shape index (κ2) is 9.40. The van der Waals surface area contributed by atoms with E-state index >= 15 is 0 Å². The molecule has 0 aliphatic heterocycles. The van der Waals surface area contributed by atoms with Gasteiger partial charge >= 0.3 is 29.6 Å². The van der Waals surface area contributed by atoms with Crippen molar-refractivity contribution in [2.75, 3.05) is 0 Å². The molecule has 0 saturated carbocycles. The summed E-state index contributed by atoms with van der Waals surface area (Å²) in [5.74, 6) is 0.663. The van der Waals surface area contributed by atoms with Gasteiger partial charge in [-0.05, 0) is 12.1 Å². The first-order valence-electron chi connectivity index (χ1n) is 2.88. The number of rotatable bonds is 2.